The maximum atomic E-state index is 4.66. The number of pyridine rings is 1. The van der Waals surface area contributed by atoms with E-state index in [9.17, 15) is 0 Å². The zero-order valence-corrected chi connectivity index (χ0v) is 10.2. The van der Waals surface area contributed by atoms with Crippen molar-refractivity contribution in [3.63, 3.8) is 0 Å². The number of aromatic nitrogens is 3. The van der Waals surface area contributed by atoms with Crippen LogP contribution in [0, 0.1) is 0 Å². The molecule has 2 aromatic rings. The highest BCUT2D eigenvalue weighted by atomic mass is 15.1. The SMILES string of the molecule is CCn1c(CCNC2CC2)nc2cnccc21. The molecule has 0 amide bonds. The number of hydrogen-bond acceptors (Lipinski definition) is 3. The third-order valence-corrected chi connectivity index (χ3v) is 3.30. The number of imidazole rings is 1. The van der Waals surface area contributed by atoms with Gasteiger partial charge in [-0.05, 0) is 25.8 Å². The molecule has 3 rings (SSSR count). The van der Waals surface area contributed by atoms with Crippen LogP contribution in [0.15, 0.2) is 18.5 Å². The first kappa shape index (κ1) is 10.7. The summed E-state index contributed by atoms with van der Waals surface area (Å²) in [4.78, 5) is 8.79. The van der Waals surface area contributed by atoms with Crippen LogP contribution in [0.4, 0.5) is 0 Å². The molecule has 0 aliphatic heterocycles. The largest absolute Gasteiger partial charge is 0.328 e. The molecule has 90 valence electrons. The summed E-state index contributed by atoms with van der Waals surface area (Å²) < 4.78 is 2.28. The summed E-state index contributed by atoms with van der Waals surface area (Å²) in [5.74, 6) is 1.17. The lowest BCUT2D eigenvalue weighted by atomic mass is 10.4. The number of hydrogen-bond donors (Lipinski definition) is 1. The number of fused-ring (bicyclic) bond motifs is 1. The fourth-order valence-corrected chi connectivity index (χ4v) is 2.25. The molecular formula is C13H18N4. The highest BCUT2D eigenvalue weighted by Crippen LogP contribution is 2.19. The van der Waals surface area contributed by atoms with Crippen LogP contribution in [0.5, 0.6) is 0 Å². The van der Waals surface area contributed by atoms with Crippen molar-refractivity contribution in [3.05, 3.63) is 24.3 Å². The van der Waals surface area contributed by atoms with E-state index in [-0.39, 0.29) is 0 Å². The van der Waals surface area contributed by atoms with Gasteiger partial charge >= 0.3 is 0 Å². The van der Waals surface area contributed by atoms with E-state index in [1.54, 1.807) is 0 Å². The predicted octanol–water partition coefficient (Wildman–Crippen LogP) is 1.75. The van der Waals surface area contributed by atoms with Crippen molar-refractivity contribution in [2.75, 3.05) is 6.54 Å². The smallest absolute Gasteiger partial charge is 0.111 e. The minimum absolute atomic E-state index is 0.774. The molecule has 1 aliphatic carbocycles. The number of nitrogens with one attached hydrogen (secondary N) is 1. The second-order valence-corrected chi connectivity index (χ2v) is 4.62. The summed E-state index contributed by atoms with van der Waals surface area (Å²) in [6.45, 7) is 4.17. The third kappa shape index (κ3) is 2.17. The summed E-state index contributed by atoms with van der Waals surface area (Å²) in [5.41, 5.74) is 2.21. The van der Waals surface area contributed by atoms with E-state index in [4.69, 9.17) is 0 Å². The molecule has 1 N–H and O–H groups in total. The Morgan fingerprint density at radius 1 is 1.47 bits per heavy atom. The van der Waals surface area contributed by atoms with Crippen molar-refractivity contribution in [2.24, 2.45) is 0 Å². The van der Waals surface area contributed by atoms with E-state index in [0.717, 1.165) is 31.1 Å². The third-order valence-electron chi connectivity index (χ3n) is 3.30. The molecule has 4 heteroatoms. The Morgan fingerprint density at radius 2 is 2.35 bits per heavy atom. The van der Waals surface area contributed by atoms with E-state index in [0.29, 0.717) is 0 Å². The molecule has 0 aromatic carbocycles. The number of aryl methyl sites for hydroxylation is 1. The van der Waals surface area contributed by atoms with Crippen molar-refractivity contribution in [1.82, 2.24) is 19.9 Å². The van der Waals surface area contributed by atoms with Gasteiger partial charge in [0.05, 0.1) is 11.7 Å². The molecule has 2 aromatic heterocycles. The summed E-state index contributed by atoms with van der Waals surface area (Å²) in [5, 5.41) is 3.53. The van der Waals surface area contributed by atoms with Gasteiger partial charge in [-0.1, -0.05) is 0 Å². The Hall–Kier alpha value is -1.42. The second-order valence-electron chi connectivity index (χ2n) is 4.62. The van der Waals surface area contributed by atoms with Crippen LogP contribution < -0.4 is 5.32 Å². The summed E-state index contributed by atoms with van der Waals surface area (Å²) in [6, 6.07) is 2.82. The minimum Gasteiger partial charge on any atom is -0.328 e. The average molecular weight is 230 g/mol. The van der Waals surface area contributed by atoms with Gasteiger partial charge in [-0.3, -0.25) is 4.98 Å². The van der Waals surface area contributed by atoms with Gasteiger partial charge in [0.1, 0.15) is 11.3 Å². The van der Waals surface area contributed by atoms with Crippen LogP contribution in [0.25, 0.3) is 11.0 Å². The van der Waals surface area contributed by atoms with E-state index >= 15 is 0 Å². The van der Waals surface area contributed by atoms with Crippen LogP contribution >= 0.6 is 0 Å². The molecule has 1 saturated carbocycles. The summed E-state index contributed by atoms with van der Waals surface area (Å²) in [7, 11) is 0. The Bertz CT molecular complexity index is 513. The van der Waals surface area contributed by atoms with Crippen molar-refractivity contribution in [1.29, 1.82) is 0 Å². The first-order chi connectivity index (χ1) is 8.38. The lowest BCUT2D eigenvalue weighted by molar-refractivity contribution is 0.637. The highest BCUT2D eigenvalue weighted by molar-refractivity contribution is 5.74. The zero-order valence-electron chi connectivity index (χ0n) is 10.2. The van der Waals surface area contributed by atoms with E-state index < -0.39 is 0 Å². The first-order valence-corrected chi connectivity index (χ1v) is 6.41. The highest BCUT2D eigenvalue weighted by Gasteiger charge is 2.20. The van der Waals surface area contributed by atoms with Crippen molar-refractivity contribution in [2.45, 2.75) is 38.8 Å². The summed E-state index contributed by atoms with van der Waals surface area (Å²) >= 11 is 0. The topological polar surface area (TPSA) is 42.7 Å². The molecule has 0 atom stereocenters. The number of rotatable bonds is 5. The van der Waals surface area contributed by atoms with Gasteiger partial charge in [0, 0.05) is 31.7 Å². The molecule has 0 unspecified atom stereocenters. The molecule has 4 nitrogen and oxygen atoms in total. The zero-order chi connectivity index (χ0) is 11.7. The molecular weight excluding hydrogens is 212 g/mol. The van der Waals surface area contributed by atoms with Gasteiger partial charge in [0.2, 0.25) is 0 Å². The average Bonchev–Trinajstić information content (AvgIpc) is 3.09. The fraction of sp³-hybridized carbons (Fsp3) is 0.538. The van der Waals surface area contributed by atoms with Gasteiger partial charge in [-0.25, -0.2) is 4.98 Å². The molecule has 1 aliphatic rings. The van der Waals surface area contributed by atoms with E-state index in [1.165, 1.54) is 24.2 Å². The van der Waals surface area contributed by atoms with Crippen LogP contribution in [0.1, 0.15) is 25.6 Å². The maximum Gasteiger partial charge on any atom is 0.111 e. The molecule has 0 spiro atoms. The minimum atomic E-state index is 0.774. The Morgan fingerprint density at radius 3 is 3.12 bits per heavy atom. The van der Waals surface area contributed by atoms with Crippen LogP contribution in [-0.4, -0.2) is 27.1 Å². The van der Waals surface area contributed by atoms with Crippen LogP contribution in [0.3, 0.4) is 0 Å². The molecule has 0 saturated heterocycles. The van der Waals surface area contributed by atoms with Gasteiger partial charge in [0.25, 0.3) is 0 Å². The van der Waals surface area contributed by atoms with Crippen molar-refractivity contribution >= 4 is 11.0 Å². The molecule has 17 heavy (non-hydrogen) atoms. The van der Waals surface area contributed by atoms with Crippen LogP contribution in [-0.2, 0) is 13.0 Å². The molecule has 0 radical (unpaired) electrons. The van der Waals surface area contributed by atoms with Gasteiger partial charge < -0.3 is 9.88 Å². The van der Waals surface area contributed by atoms with Gasteiger partial charge in [-0.15, -0.1) is 0 Å². The Balaban J connectivity index is 1.81. The normalized spacial score (nSPS) is 15.6. The Kier molecular flexibility index (Phi) is 2.81. The van der Waals surface area contributed by atoms with Crippen molar-refractivity contribution < 1.29 is 0 Å². The van der Waals surface area contributed by atoms with Gasteiger partial charge in [-0.2, -0.15) is 0 Å². The van der Waals surface area contributed by atoms with Crippen LogP contribution in [0.2, 0.25) is 0 Å². The fourth-order valence-electron chi connectivity index (χ4n) is 2.25. The first-order valence-electron chi connectivity index (χ1n) is 6.41. The predicted molar refractivity (Wildman–Crippen MR) is 67.9 cm³/mol. The maximum absolute atomic E-state index is 4.66. The molecule has 0 bridgehead atoms. The number of nitrogens with zero attached hydrogens (tertiary/aromatic N) is 3. The standard InChI is InChI=1S/C13H18N4/c1-2-17-12-5-7-14-9-11(12)16-13(17)6-8-15-10-3-4-10/h5,7,9-10,15H,2-4,6,8H2,1H3. The lowest BCUT2D eigenvalue weighted by Crippen LogP contribution is -2.20. The van der Waals surface area contributed by atoms with E-state index in [1.807, 2.05) is 18.5 Å². The molecule has 1 fully saturated rings. The summed E-state index contributed by atoms with van der Waals surface area (Å²) in [6.07, 6.45) is 7.36. The second kappa shape index (κ2) is 4.45. The monoisotopic (exact) mass is 230 g/mol. The Labute approximate surface area is 101 Å². The van der Waals surface area contributed by atoms with Crippen molar-refractivity contribution in [3.8, 4) is 0 Å². The van der Waals surface area contributed by atoms with E-state index in [2.05, 4.69) is 26.8 Å². The lowest BCUT2D eigenvalue weighted by Gasteiger charge is -2.06. The van der Waals surface area contributed by atoms with Gasteiger partial charge in [0.15, 0.2) is 0 Å². The molecule has 2 heterocycles. The quantitative estimate of drug-likeness (QED) is 0.851.